The van der Waals surface area contributed by atoms with Crippen LogP contribution in [0.15, 0.2) is 17.1 Å². The average molecular weight is 212 g/mol. The maximum atomic E-state index is 9.93. The summed E-state index contributed by atoms with van der Waals surface area (Å²) in [5.74, 6) is 1.25. The normalized spacial score (nSPS) is 12.4. The number of aliphatic imine (C=N–C) groups is 1. The van der Waals surface area contributed by atoms with E-state index in [1.807, 2.05) is 0 Å². The molecule has 1 aliphatic rings. The number of halogens is 1. The van der Waals surface area contributed by atoms with Gasteiger partial charge in [-0.25, -0.2) is 9.79 Å². The number of ether oxygens (including phenoxy) is 2. The first kappa shape index (κ1) is 9.06. The first-order chi connectivity index (χ1) is 6.81. The van der Waals surface area contributed by atoms with E-state index in [0.29, 0.717) is 16.5 Å². The Bertz CT molecular complexity index is 413. The zero-order valence-corrected chi connectivity index (χ0v) is 7.87. The fourth-order valence-corrected chi connectivity index (χ4v) is 1.41. The molecule has 2 rings (SSSR count). The van der Waals surface area contributed by atoms with Crippen LogP contribution < -0.4 is 9.47 Å². The zero-order valence-electron chi connectivity index (χ0n) is 7.12. The second-order valence-electron chi connectivity index (χ2n) is 2.70. The summed E-state index contributed by atoms with van der Waals surface area (Å²) in [5.41, 5.74) is 0.722. The molecule has 0 unspecified atom stereocenters. The Morgan fingerprint density at radius 1 is 1.43 bits per heavy atom. The monoisotopic (exact) mass is 211 g/mol. The van der Waals surface area contributed by atoms with Crippen molar-refractivity contribution in [3.05, 3.63) is 22.7 Å². The summed E-state index contributed by atoms with van der Waals surface area (Å²) >= 11 is 5.92. The molecule has 0 saturated carbocycles. The van der Waals surface area contributed by atoms with Gasteiger partial charge in [0.05, 0.1) is 6.54 Å². The Labute approximate surface area is 85.1 Å². The maximum absolute atomic E-state index is 9.93. The number of hydrogen-bond donors (Lipinski definition) is 0. The highest BCUT2D eigenvalue weighted by Crippen LogP contribution is 2.36. The van der Waals surface area contributed by atoms with Gasteiger partial charge in [-0.2, -0.15) is 0 Å². The highest BCUT2D eigenvalue weighted by atomic mass is 35.5. The molecular formula is C9H6ClNO3. The topological polar surface area (TPSA) is 47.9 Å². The van der Waals surface area contributed by atoms with E-state index in [4.69, 9.17) is 21.1 Å². The maximum Gasteiger partial charge on any atom is 0.235 e. The van der Waals surface area contributed by atoms with Crippen molar-refractivity contribution >= 4 is 17.7 Å². The summed E-state index contributed by atoms with van der Waals surface area (Å²) in [5, 5.41) is 0.508. The fraction of sp³-hybridized carbons (Fsp3) is 0.222. The van der Waals surface area contributed by atoms with Gasteiger partial charge in [0.2, 0.25) is 12.9 Å². The van der Waals surface area contributed by atoms with Crippen LogP contribution in [0.4, 0.5) is 0 Å². The smallest absolute Gasteiger partial charge is 0.235 e. The van der Waals surface area contributed by atoms with Gasteiger partial charge in [-0.15, -0.1) is 0 Å². The number of fused-ring (bicyclic) bond motifs is 1. The van der Waals surface area contributed by atoms with Gasteiger partial charge in [0.15, 0.2) is 11.5 Å². The third-order valence-corrected chi connectivity index (χ3v) is 2.21. The molecule has 1 aromatic rings. The molecule has 0 atom stereocenters. The Hall–Kier alpha value is -1.51. The van der Waals surface area contributed by atoms with Crippen LogP contribution in [0.5, 0.6) is 11.5 Å². The van der Waals surface area contributed by atoms with Crippen molar-refractivity contribution in [3.63, 3.8) is 0 Å². The second kappa shape index (κ2) is 3.70. The van der Waals surface area contributed by atoms with E-state index in [-0.39, 0.29) is 13.3 Å². The lowest BCUT2D eigenvalue weighted by Gasteiger charge is -2.01. The van der Waals surface area contributed by atoms with Crippen molar-refractivity contribution in [3.8, 4) is 11.5 Å². The van der Waals surface area contributed by atoms with E-state index in [1.54, 1.807) is 12.1 Å². The van der Waals surface area contributed by atoms with Crippen LogP contribution >= 0.6 is 11.6 Å². The molecule has 5 heteroatoms. The Balaban J connectivity index is 2.36. The third-order valence-electron chi connectivity index (χ3n) is 1.86. The largest absolute Gasteiger partial charge is 0.454 e. The molecule has 14 heavy (non-hydrogen) atoms. The Morgan fingerprint density at radius 2 is 2.14 bits per heavy atom. The van der Waals surface area contributed by atoms with E-state index >= 15 is 0 Å². The number of benzene rings is 1. The predicted octanol–water partition coefficient (Wildman–Crippen LogP) is 1.90. The second-order valence-corrected chi connectivity index (χ2v) is 3.11. The predicted molar refractivity (Wildman–Crippen MR) is 49.4 cm³/mol. The molecule has 1 aliphatic heterocycles. The fourth-order valence-electron chi connectivity index (χ4n) is 1.20. The Kier molecular flexibility index (Phi) is 2.39. The van der Waals surface area contributed by atoms with Crippen LogP contribution in [0.2, 0.25) is 5.02 Å². The number of isocyanates is 1. The van der Waals surface area contributed by atoms with Crippen LogP contribution in [0.1, 0.15) is 5.56 Å². The van der Waals surface area contributed by atoms with Crippen LogP contribution in [0.25, 0.3) is 0 Å². The van der Waals surface area contributed by atoms with E-state index in [0.717, 1.165) is 5.56 Å². The van der Waals surface area contributed by atoms with E-state index < -0.39 is 0 Å². The van der Waals surface area contributed by atoms with Gasteiger partial charge in [0, 0.05) is 11.1 Å². The molecule has 0 spiro atoms. The quantitative estimate of drug-likeness (QED) is 0.555. The van der Waals surface area contributed by atoms with Crippen LogP contribution in [0, 0.1) is 0 Å². The third kappa shape index (κ3) is 1.58. The summed E-state index contributed by atoms with van der Waals surface area (Å²) in [7, 11) is 0. The van der Waals surface area contributed by atoms with Gasteiger partial charge in [-0.05, 0) is 11.6 Å². The highest BCUT2D eigenvalue weighted by Gasteiger charge is 2.15. The van der Waals surface area contributed by atoms with Crippen molar-refractivity contribution in [1.29, 1.82) is 0 Å². The van der Waals surface area contributed by atoms with Crippen molar-refractivity contribution in [2.45, 2.75) is 6.54 Å². The van der Waals surface area contributed by atoms with Gasteiger partial charge in [-0.1, -0.05) is 11.6 Å². The van der Waals surface area contributed by atoms with Crippen molar-refractivity contribution < 1.29 is 14.3 Å². The Morgan fingerprint density at radius 3 is 2.86 bits per heavy atom. The summed E-state index contributed by atoms with van der Waals surface area (Å²) in [4.78, 5) is 13.4. The van der Waals surface area contributed by atoms with Gasteiger partial charge >= 0.3 is 0 Å². The summed E-state index contributed by atoms with van der Waals surface area (Å²) in [6.45, 7) is 0.408. The molecule has 1 heterocycles. The van der Waals surface area contributed by atoms with Crippen LogP contribution in [-0.2, 0) is 11.3 Å². The summed E-state index contributed by atoms with van der Waals surface area (Å²) < 4.78 is 10.3. The molecule has 0 aliphatic carbocycles. The molecule has 0 aromatic heterocycles. The standard InChI is InChI=1S/C9H6ClNO3/c10-7-2-9-8(13-5-14-9)1-6(7)3-11-4-12/h1-2H,3,5H2. The lowest BCUT2D eigenvalue weighted by atomic mass is 10.2. The summed E-state index contributed by atoms with van der Waals surface area (Å²) in [6, 6.07) is 3.37. The molecule has 0 saturated heterocycles. The van der Waals surface area contributed by atoms with Crippen molar-refractivity contribution in [2.24, 2.45) is 4.99 Å². The van der Waals surface area contributed by atoms with Crippen molar-refractivity contribution in [1.82, 2.24) is 0 Å². The average Bonchev–Trinajstić information content (AvgIpc) is 2.61. The van der Waals surface area contributed by atoms with Gasteiger partial charge in [0.25, 0.3) is 0 Å². The van der Waals surface area contributed by atoms with Crippen LogP contribution in [0.3, 0.4) is 0 Å². The molecule has 4 nitrogen and oxygen atoms in total. The van der Waals surface area contributed by atoms with Gasteiger partial charge in [-0.3, -0.25) is 0 Å². The summed E-state index contributed by atoms with van der Waals surface area (Å²) in [6.07, 6.45) is 1.46. The van der Waals surface area contributed by atoms with E-state index in [9.17, 15) is 4.79 Å². The van der Waals surface area contributed by atoms with Gasteiger partial charge in [0.1, 0.15) is 0 Å². The number of hydrogen-bond acceptors (Lipinski definition) is 4. The molecule has 0 bridgehead atoms. The lowest BCUT2D eigenvalue weighted by molar-refractivity contribution is 0.174. The minimum Gasteiger partial charge on any atom is -0.454 e. The lowest BCUT2D eigenvalue weighted by Crippen LogP contribution is -1.92. The SMILES string of the molecule is O=C=NCc1cc2c(cc1Cl)OCO2. The molecule has 1 aromatic carbocycles. The molecule has 72 valence electrons. The number of nitrogens with zero attached hydrogens (tertiary/aromatic N) is 1. The molecular weight excluding hydrogens is 206 g/mol. The van der Waals surface area contributed by atoms with E-state index in [1.165, 1.54) is 6.08 Å². The first-order valence-electron chi connectivity index (χ1n) is 3.93. The molecule has 0 radical (unpaired) electrons. The van der Waals surface area contributed by atoms with Crippen molar-refractivity contribution in [2.75, 3.05) is 6.79 Å². The minimum atomic E-state index is 0.200. The highest BCUT2D eigenvalue weighted by molar-refractivity contribution is 6.31. The minimum absolute atomic E-state index is 0.200. The molecule has 0 fully saturated rings. The molecule has 0 amide bonds. The number of carbonyl (C=O) groups excluding carboxylic acids is 1. The van der Waals surface area contributed by atoms with E-state index in [2.05, 4.69) is 4.99 Å². The molecule has 0 N–H and O–H groups in total. The number of rotatable bonds is 2. The zero-order chi connectivity index (χ0) is 9.97. The van der Waals surface area contributed by atoms with Crippen LogP contribution in [-0.4, -0.2) is 12.9 Å². The van der Waals surface area contributed by atoms with Gasteiger partial charge < -0.3 is 9.47 Å². The first-order valence-corrected chi connectivity index (χ1v) is 4.30.